The lowest BCUT2D eigenvalue weighted by Crippen LogP contribution is -2.08. The van der Waals surface area contributed by atoms with Gasteiger partial charge in [-0.3, -0.25) is 0 Å². The van der Waals surface area contributed by atoms with E-state index in [1.807, 2.05) is 6.07 Å². The lowest BCUT2D eigenvalue weighted by atomic mass is 10.0. The number of carbonyl (C=O) groups is 1. The molecule has 0 aromatic heterocycles. The van der Waals surface area contributed by atoms with E-state index >= 15 is 0 Å². The third kappa shape index (κ3) is 2.49. The first-order valence-electron chi connectivity index (χ1n) is 4.00. The average molecular weight is 289 g/mol. The van der Waals surface area contributed by atoms with Crippen LogP contribution in [0.25, 0.3) is 0 Å². The molecular formula is C10H7BrClNO2. The molecule has 0 unspecified atom stereocenters. The van der Waals surface area contributed by atoms with Crippen molar-refractivity contribution in [3.63, 3.8) is 0 Å². The Balaban J connectivity index is 3.45. The van der Waals surface area contributed by atoms with Crippen molar-refractivity contribution < 1.29 is 9.53 Å². The molecule has 0 bridgehead atoms. The summed E-state index contributed by atoms with van der Waals surface area (Å²) in [6, 6.07) is 5.19. The van der Waals surface area contributed by atoms with Crippen LogP contribution in [-0.2, 0) is 10.6 Å². The maximum atomic E-state index is 11.4. The Morgan fingerprint density at radius 2 is 2.33 bits per heavy atom. The van der Waals surface area contributed by atoms with E-state index in [1.165, 1.54) is 7.11 Å². The topological polar surface area (TPSA) is 50.1 Å². The van der Waals surface area contributed by atoms with Gasteiger partial charge in [0.05, 0.1) is 18.2 Å². The molecule has 0 spiro atoms. The van der Waals surface area contributed by atoms with Crippen LogP contribution in [0.1, 0.15) is 21.5 Å². The van der Waals surface area contributed by atoms with Crippen LogP contribution in [0, 0.1) is 11.3 Å². The van der Waals surface area contributed by atoms with Crippen molar-refractivity contribution >= 4 is 33.5 Å². The summed E-state index contributed by atoms with van der Waals surface area (Å²) in [4.78, 5) is 11.4. The first-order valence-corrected chi connectivity index (χ1v) is 5.33. The summed E-state index contributed by atoms with van der Waals surface area (Å²) in [6.45, 7) is 0. The molecule has 78 valence electrons. The lowest BCUT2D eigenvalue weighted by Gasteiger charge is -2.07. The minimum atomic E-state index is -0.547. The van der Waals surface area contributed by atoms with Crippen molar-refractivity contribution in [2.24, 2.45) is 0 Å². The Kier molecular flexibility index (Phi) is 4.13. The Labute approximate surface area is 101 Å². The number of hydrogen-bond acceptors (Lipinski definition) is 3. The van der Waals surface area contributed by atoms with Crippen LogP contribution in [0.15, 0.2) is 16.6 Å². The van der Waals surface area contributed by atoms with E-state index in [0.29, 0.717) is 10.0 Å². The largest absolute Gasteiger partial charge is 0.465 e. The van der Waals surface area contributed by atoms with Gasteiger partial charge in [-0.1, -0.05) is 15.9 Å². The molecule has 0 atom stereocenters. The minimum Gasteiger partial charge on any atom is -0.465 e. The molecule has 0 amide bonds. The number of benzene rings is 1. The molecule has 15 heavy (non-hydrogen) atoms. The minimum absolute atomic E-state index is 0.151. The molecule has 1 aromatic carbocycles. The zero-order chi connectivity index (χ0) is 11.4. The summed E-state index contributed by atoms with van der Waals surface area (Å²) in [5.41, 5.74) is 1.07. The predicted octanol–water partition coefficient (Wildman–Crippen LogP) is 2.85. The number of hydrogen-bond donors (Lipinski definition) is 0. The molecular weight excluding hydrogens is 281 g/mol. The standard InChI is InChI=1S/C10H7BrClNO2/c1-15-10(14)9-6(4-12)2-8(11)3-7(9)5-13/h2-3H,4H2,1H3. The third-order valence-corrected chi connectivity index (χ3v) is 2.58. The number of ether oxygens (including phenoxy) is 1. The highest BCUT2D eigenvalue weighted by Crippen LogP contribution is 2.23. The van der Waals surface area contributed by atoms with E-state index < -0.39 is 5.97 Å². The van der Waals surface area contributed by atoms with Gasteiger partial charge in [-0.25, -0.2) is 4.79 Å². The molecule has 0 aliphatic heterocycles. The molecule has 0 saturated carbocycles. The van der Waals surface area contributed by atoms with Gasteiger partial charge in [-0.15, -0.1) is 11.6 Å². The van der Waals surface area contributed by atoms with Gasteiger partial charge in [0.15, 0.2) is 0 Å². The number of esters is 1. The van der Waals surface area contributed by atoms with Gasteiger partial charge in [0, 0.05) is 10.4 Å². The fourth-order valence-electron chi connectivity index (χ4n) is 1.20. The monoisotopic (exact) mass is 287 g/mol. The Morgan fingerprint density at radius 1 is 1.67 bits per heavy atom. The highest BCUT2D eigenvalue weighted by Gasteiger charge is 2.17. The van der Waals surface area contributed by atoms with Gasteiger partial charge in [0.25, 0.3) is 0 Å². The normalized spacial score (nSPS) is 9.47. The predicted molar refractivity (Wildman–Crippen MR) is 59.8 cm³/mol. The van der Waals surface area contributed by atoms with E-state index in [9.17, 15) is 4.79 Å². The van der Waals surface area contributed by atoms with Crippen LogP contribution in [0.3, 0.4) is 0 Å². The summed E-state index contributed by atoms with van der Waals surface area (Å²) in [5.74, 6) is -0.395. The van der Waals surface area contributed by atoms with Crippen molar-refractivity contribution in [1.82, 2.24) is 0 Å². The molecule has 1 rings (SSSR count). The van der Waals surface area contributed by atoms with E-state index in [0.717, 1.165) is 0 Å². The Morgan fingerprint density at radius 3 is 2.80 bits per heavy atom. The SMILES string of the molecule is COC(=O)c1c(C#N)cc(Br)cc1CCl. The maximum absolute atomic E-state index is 11.4. The first kappa shape index (κ1) is 12.0. The number of rotatable bonds is 2. The molecule has 0 aliphatic rings. The average Bonchev–Trinajstić information content (AvgIpc) is 2.26. The summed E-state index contributed by atoms with van der Waals surface area (Å²) in [7, 11) is 1.27. The zero-order valence-corrected chi connectivity index (χ0v) is 10.2. The molecule has 0 heterocycles. The second kappa shape index (κ2) is 5.15. The van der Waals surface area contributed by atoms with Gasteiger partial charge >= 0.3 is 5.97 Å². The fraction of sp³-hybridized carbons (Fsp3) is 0.200. The van der Waals surface area contributed by atoms with Gasteiger partial charge in [0.2, 0.25) is 0 Å². The molecule has 0 N–H and O–H groups in total. The highest BCUT2D eigenvalue weighted by molar-refractivity contribution is 9.10. The molecule has 5 heteroatoms. The van der Waals surface area contributed by atoms with Gasteiger partial charge in [-0.05, 0) is 17.7 Å². The third-order valence-electron chi connectivity index (χ3n) is 1.84. The van der Waals surface area contributed by atoms with Crippen LogP contribution >= 0.6 is 27.5 Å². The van der Waals surface area contributed by atoms with E-state index in [1.54, 1.807) is 12.1 Å². The quantitative estimate of drug-likeness (QED) is 0.621. The van der Waals surface area contributed by atoms with Gasteiger partial charge in [-0.2, -0.15) is 5.26 Å². The van der Waals surface area contributed by atoms with E-state index in [-0.39, 0.29) is 17.0 Å². The van der Waals surface area contributed by atoms with Crippen molar-refractivity contribution in [2.45, 2.75) is 5.88 Å². The number of methoxy groups -OCH3 is 1. The van der Waals surface area contributed by atoms with Crippen molar-refractivity contribution in [2.75, 3.05) is 7.11 Å². The Bertz CT molecular complexity index is 440. The number of carbonyl (C=O) groups excluding carboxylic acids is 1. The molecule has 3 nitrogen and oxygen atoms in total. The first-order chi connectivity index (χ1) is 7.13. The summed E-state index contributed by atoms with van der Waals surface area (Å²) >= 11 is 8.93. The van der Waals surface area contributed by atoms with Gasteiger partial charge < -0.3 is 4.74 Å². The molecule has 0 fully saturated rings. The van der Waals surface area contributed by atoms with Crippen molar-refractivity contribution in [3.8, 4) is 6.07 Å². The van der Waals surface area contributed by atoms with Crippen LogP contribution in [0.5, 0.6) is 0 Å². The van der Waals surface area contributed by atoms with Crippen LogP contribution in [-0.4, -0.2) is 13.1 Å². The van der Waals surface area contributed by atoms with E-state index in [4.69, 9.17) is 16.9 Å². The lowest BCUT2D eigenvalue weighted by molar-refractivity contribution is 0.0599. The van der Waals surface area contributed by atoms with Crippen LogP contribution < -0.4 is 0 Å². The summed E-state index contributed by atoms with van der Waals surface area (Å²) in [5, 5.41) is 8.89. The fourth-order valence-corrected chi connectivity index (χ4v) is 1.92. The maximum Gasteiger partial charge on any atom is 0.339 e. The molecule has 0 radical (unpaired) electrons. The molecule has 0 aliphatic carbocycles. The Hall–Kier alpha value is -1.05. The van der Waals surface area contributed by atoms with E-state index in [2.05, 4.69) is 20.7 Å². The van der Waals surface area contributed by atoms with Crippen molar-refractivity contribution in [3.05, 3.63) is 33.3 Å². The number of nitrogens with zero attached hydrogens (tertiary/aromatic N) is 1. The number of halogens is 2. The second-order valence-electron chi connectivity index (χ2n) is 2.72. The summed E-state index contributed by atoms with van der Waals surface area (Å²) in [6.07, 6.45) is 0. The van der Waals surface area contributed by atoms with Gasteiger partial charge in [0.1, 0.15) is 6.07 Å². The summed E-state index contributed by atoms with van der Waals surface area (Å²) < 4.78 is 5.31. The second-order valence-corrected chi connectivity index (χ2v) is 3.91. The molecule has 0 saturated heterocycles. The number of alkyl halides is 1. The van der Waals surface area contributed by atoms with Crippen LogP contribution in [0.2, 0.25) is 0 Å². The zero-order valence-electron chi connectivity index (χ0n) is 7.88. The highest BCUT2D eigenvalue weighted by atomic mass is 79.9. The smallest absolute Gasteiger partial charge is 0.339 e. The number of nitriles is 1. The molecule has 1 aromatic rings. The van der Waals surface area contributed by atoms with Crippen LogP contribution in [0.4, 0.5) is 0 Å². The van der Waals surface area contributed by atoms with Crippen molar-refractivity contribution in [1.29, 1.82) is 5.26 Å².